The maximum absolute atomic E-state index is 14.1. The molecular formula is C20H17F4NOS. The summed E-state index contributed by atoms with van der Waals surface area (Å²) in [5, 5.41) is 0. The summed E-state index contributed by atoms with van der Waals surface area (Å²) in [5.41, 5.74) is 2.13. The van der Waals surface area contributed by atoms with Crippen LogP contribution in [0.15, 0.2) is 42.5 Å². The van der Waals surface area contributed by atoms with Crippen LogP contribution in [0.1, 0.15) is 28.5 Å². The van der Waals surface area contributed by atoms with Crippen molar-refractivity contribution >= 4 is 11.5 Å². The zero-order valence-corrected chi connectivity index (χ0v) is 15.5. The van der Waals surface area contributed by atoms with Crippen molar-refractivity contribution < 1.29 is 22.3 Å². The lowest BCUT2D eigenvalue weighted by Crippen LogP contribution is -2.09. The summed E-state index contributed by atoms with van der Waals surface area (Å²) in [4.78, 5) is -0.829. The Balaban J connectivity index is 1.98. The number of hydrogen-bond acceptors (Lipinski definition) is 3. The maximum atomic E-state index is 14.1. The number of alkyl halides is 3. The fourth-order valence-corrected chi connectivity index (χ4v) is 3.44. The number of ether oxygens (including phenoxy) is 1. The number of aromatic nitrogens is 1. The van der Waals surface area contributed by atoms with Crippen LogP contribution in [0.25, 0.3) is 11.3 Å². The summed E-state index contributed by atoms with van der Waals surface area (Å²) in [6.07, 6.45) is -3.73. The van der Waals surface area contributed by atoms with Gasteiger partial charge in [-0.2, -0.15) is 17.5 Å². The van der Waals surface area contributed by atoms with Crippen molar-refractivity contribution in [2.75, 3.05) is 0 Å². The van der Waals surface area contributed by atoms with Crippen LogP contribution in [0.2, 0.25) is 0 Å². The summed E-state index contributed by atoms with van der Waals surface area (Å²) >= 11 is 0.382. The van der Waals surface area contributed by atoms with E-state index in [9.17, 15) is 17.6 Å². The summed E-state index contributed by atoms with van der Waals surface area (Å²) < 4.78 is 63.7. The average Bonchev–Trinajstić information content (AvgIpc) is 3.07. The van der Waals surface area contributed by atoms with E-state index in [0.29, 0.717) is 22.7 Å². The van der Waals surface area contributed by atoms with Gasteiger partial charge in [-0.15, -0.1) is 0 Å². The summed E-state index contributed by atoms with van der Waals surface area (Å²) in [6.45, 7) is 3.14. The Labute approximate surface area is 158 Å². The molecule has 0 bridgehead atoms. The maximum Gasteiger partial charge on any atom is 0.427 e. The first-order valence-electron chi connectivity index (χ1n) is 8.34. The molecule has 142 valence electrons. The first-order valence-corrected chi connectivity index (χ1v) is 9.11. The molecule has 0 amide bonds. The third-order valence-electron chi connectivity index (χ3n) is 4.21. The fraction of sp³-hybridized carbons (Fsp3) is 0.250. The highest BCUT2D eigenvalue weighted by atomic mass is 32.1. The lowest BCUT2D eigenvalue weighted by atomic mass is 10.0. The van der Waals surface area contributed by atoms with E-state index in [1.165, 1.54) is 6.07 Å². The molecule has 1 aromatic heterocycles. The van der Waals surface area contributed by atoms with Gasteiger partial charge in [0, 0.05) is 11.1 Å². The van der Waals surface area contributed by atoms with Crippen LogP contribution < -0.4 is 4.74 Å². The van der Waals surface area contributed by atoms with E-state index in [-0.39, 0.29) is 17.0 Å². The van der Waals surface area contributed by atoms with Crippen molar-refractivity contribution in [2.24, 2.45) is 0 Å². The molecule has 27 heavy (non-hydrogen) atoms. The first kappa shape index (κ1) is 19.4. The Kier molecular flexibility index (Phi) is 5.51. The molecule has 0 aliphatic carbocycles. The Morgan fingerprint density at radius 3 is 2.41 bits per heavy atom. The molecule has 0 atom stereocenters. The predicted octanol–water partition coefficient (Wildman–Crippen LogP) is 6.42. The third kappa shape index (κ3) is 4.13. The second kappa shape index (κ2) is 7.68. The predicted molar refractivity (Wildman–Crippen MR) is 97.4 cm³/mol. The standard InChI is InChI=1S/C20H17F4NOS/c1-3-13-7-9-14(10-8-13)18-15(19(27-25-18)20(22,23)24)11-26-16-6-4-5-12(2)17(16)21/h4-10H,3,11H2,1-2H3. The van der Waals surface area contributed by atoms with E-state index in [1.54, 1.807) is 31.2 Å². The monoisotopic (exact) mass is 395 g/mol. The highest BCUT2D eigenvalue weighted by Gasteiger charge is 2.38. The van der Waals surface area contributed by atoms with Crippen molar-refractivity contribution in [1.82, 2.24) is 4.37 Å². The molecule has 7 heteroatoms. The van der Waals surface area contributed by atoms with Gasteiger partial charge >= 0.3 is 6.18 Å². The highest BCUT2D eigenvalue weighted by molar-refractivity contribution is 7.06. The second-order valence-electron chi connectivity index (χ2n) is 6.06. The first-order chi connectivity index (χ1) is 12.8. The van der Waals surface area contributed by atoms with Crippen molar-refractivity contribution in [3.05, 3.63) is 69.8 Å². The van der Waals surface area contributed by atoms with Crippen molar-refractivity contribution in [3.8, 4) is 17.0 Å². The molecule has 0 saturated heterocycles. The molecule has 0 fully saturated rings. The molecular weight excluding hydrogens is 378 g/mol. The van der Waals surface area contributed by atoms with E-state index in [2.05, 4.69) is 4.37 Å². The molecule has 3 rings (SSSR count). The van der Waals surface area contributed by atoms with Gasteiger partial charge in [0.25, 0.3) is 0 Å². The summed E-state index contributed by atoms with van der Waals surface area (Å²) in [5.74, 6) is -0.662. The zero-order valence-electron chi connectivity index (χ0n) is 14.7. The van der Waals surface area contributed by atoms with Gasteiger partial charge in [-0.3, -0.25) is 0 Å². The summed E-state index contributed by atoms with van der Waals surface area (Å²) in [6, 6.07) is 11.7. The third-order valence-corrected chi connectivity index (χ3v) is 5.14. The van der Waals surface area contributed by atoms with E-state index in [0.717, 1.165) is 12.0 Å². The van der Waals surface area contributed by atoms with Crippen LogP contribution in [-0.2, 0) is 19.2 Å². The highest BCUT2D eigenvalue weighted by Crippen LogP contribution is 2.40. The van der Waals surface area contributed by atoms with Crippen LogP contribution >= 0.6 is 11.5 Å². The summed E-state index contributed by atoms with van der Waals surface area (Å²) in [7, 11) is 0. The molecule has 0 saturated carbocycles. The Hall–Kier alpha value is -2.41. The molecule has 1 heterocycles. The van der Waals surface area contributed by atoms with Gasteiger partial charge in [-0.25, -0.2) is 4.39 Å². The van der Waals surface area contributed by atoms with Crippen LogP contribution in [0.3, 0.4) is 0 Å². The fourth-order valence-electron chi connectivity index (χ4n) is 2.67. The molecule has 0 unspecified atom stereocenters. The SMILES string of the molecule is CCc1ccc(-c2nsc(C(F)(F)F)c2COc2cccc(C)c2F)cc1. The Morgan fingerprint density at radius 2 is 1.78 bits per heavy atom. The van der Waals surface area contributed by atoms with Crippen LogP contribution in [0, 0.1) is 12.7 Å². The number of halogens is 4. The van der Waals surface area contributed by atoms with Gasteiger partial charge < -0.3 is 4.74 Å². The molecule has 0 N–H and O–H groups in total. The second-order valence-corrected chi connectivity index (χ2v) is 6.84. The van der Waals surface area contributed by atoms with Gasteiger partial charge in [0.05, 0.1) is 5.69 Å². The molecule has 0 spiro atoms. The zero-order chi connectivity index (χ0) is 19.6. The molecule has 0 aliphatic heterocycles. The topological polar surface area (TPSA) is 22.1 Å². The van der Waals surface area contributed by atoms with Crippen LogP contribution in [-0.4, -0.2) is 4.37 Å². The van der Waals surface area contributed by atoms with Gasteiger partial charge in [0.15, 0.2) is 11.6 Å². The molecule has 0 radical (unpaired) electrons. The van der Waals surface area contributed by atoms with E-state index < -0.39 is 23.5 Å². The van der Waals surface area contributed by atoms with Crippen molar-refractivity contribution in [2.45, 2.75) is 33.1 Å². The van der Waals surface area contributed by atoms with Gasteiger partial charge in [0.1, 0.15) is 11.5 Å². The molecule has 2 nitrogen and oxygen atoms in total. The minimum absolute atomic E-state index is 0.0818. The lowest BCUT2D eigenvalue weighted by Gasteiger charge is -2.12. The Morgan fingerprint density at radius 1 is 1.07 bits per heavy atom. The van der Waals surface area contributed by atoms with Gasteiger partial charge in [-0.05, 0) is 42.1 Å². The number of nitrogens with zero attached hydrogens (tertiary/aromatic N) is 1. The smallest absolute Gasteiger partial charge is 0.427 e. The quantitative estimate of drug-likeness (QED) is 0.465. The number of aryl methyl sites for hydroxylation is 2. The minimum Gasteiger partial charge on any atom is -0.486 e. The molecule has 2 aromatic carbocycles. The number of rotatable bonds is 5. The normalized spacial score (nSPS) is 11.6. The van der Waals surface area contributed by atoms with Crippen LogP contribution in [0.4, 0.5) is 17.6 Å². The number of hydrogen-bond donors (Lipinski definition) is 0. The van der Waals surface area contributed by atoms with E-state index >= 15 is 0 Å². The Bertz CT molecular complexity index is 932. The molecule has 3 aromatic rings. The van der Waals surface area contributed by atoms with Crippen LogP contribution in [0.5, 0.6) is 5.75 Å². The number of benzene rings is 2. The van der Waals surface area contributed by atoms with Crippen molar-refractivity contribution in [1.29, 1.82) is 0 Å². The van der Waals surface area contributed by atoms with E-state index in [4.69, 9.17) is 4.74 Å². The van der Waals surface area contributed by atoms with Gasteiger partial charge in [-0.1, -0.05) is 43.3 Å². The van der Waals surface area contributed by atoms with Gasteiger partial charge in [0.2, 0.25) is 0 Å². The van der Waals surface area contributed by atoms with Crippen molar-refractivity contribution in [3.63, 3.8) is 0 Å². The average molecular weight is 395 g/mol. The molecule has 0 aliphatic rings. The largest absolute Gasteiger partial charge is 0.486 e. The lowest BCUT2D eigenvalue weighted by molar-refractivity contribution is -0.135. The minimum atomic E-state index is -4.55. The van der Waals surface area contributed by atoms with E-state index in [1.807, 2.05) is 19.1 Å².